The fourth-order valence-corrected chi connectivity index (χ4v) is 2.48. The third kappa shape index (κ3) is 3.30. The molecule has 2 aromatic rings. The lowest BCUT2D eigenvalue weighted by Gasteiger charge is -2.11. The summed E-state index contributed by atoms with van der Waals surface area (Å²) in [5, 5.41) is 16.8. The molecule has 1 amide bonds. The molecule has 2 heterocycles. The number of carbonyl (C=O) groups is 1. The first-order valence-electron chi connectivity index (χ1n) is 6.40. The van der Waals surface area contributed by atoms with Gasteiger partial charge in [-0.2, -0.15) is 0 Å². The monoisotopic (exact) mass is 291 g/mol. The average Bonchev–Trinajstić information content (AvgIpc) is 2.96. The first-order valence-corrected chi connectivity index (χ1v) is 7.28. The van der Waals surface area contributed by atoms with Crippen LogP contribution in [0.1, 0.15) is 41.1 Å². The maximum absolute atomic E-state index is 11.4. The topological polar surface area (TPSA) is 79.8 Å². The van der Waals surface area contributed by atoms with Gasteiger partial charge in [-0.1, -0.05) is 6.92 Å². The molecular weight excluding hydrogens is 274 g/mol. The second kappa shape index (κ2) is 6.42. The molecule has 1 atom stereocenters. The Labute approximate surface area is 121 Å². The molecule has 0 aliphatic carbocycles. The van der Waals surface area contributed by atoms with Crippen LogP contribution in [0, 0.1) is 0 Å². The molecule has 6 nitrogen and oxygen atoms in total. The third-order valence-electron chi connectivity index (χ3n) is 2.80. The number of nitrogens with zero attached hydrogens (tertiary/aromatic N) is 3. The van der Waals surface area contributed by atoms with E-state index in [1.807, 2.05) is 12.3 Å². The van der Waals surface area contributed by atoms with Crippen molar-refractivity contribution in [1.82, 2.24) is 20.5 Å². The van der Waals surface area contributed by atoms with E-state index < -0.39 is 0 Å². The summed E-state index contributed by atoms with van der Waals surface area (Å²) in [6.45, 7) is 4.10. The lowest BCUT2D eigenvalue weighted by molar-refractivity contribution is 0.0957. The van der Waals surface area contributed by atoms with Gasteiger partial charge in [-0.25, -0.2) is 4.98 Å². The predicted molar refractivity (Wildman–Crippen MR) is 79.0 cm³/mol. The number of hydrogen-bond acceptors (Lipinski definition) is 6. The lowest BCUT2D eigenvalue weighted by atomic mass is 10.2. The average molecular weight is 291 g/mol. The summed E-state index contributed by atoms with van der Waals surface area (Å²) in [7, 11) is 1.56. The summed E-state index contributed by atoms with van der Waals surface area (Å²) in [6.07, 6.45) is 0.942. The molecule has 0 spiro atoms. The molecule has 0 aliphatic rings. The standard InChI is InChI=1S/C13H17N5OS/c1-4-12-16-10(7-20-12)8(2)15-11-6-5-9(17-18-11)13(19)14-3/h5-8H,4H2,1-3H3,(H,14,19)(H,15,18). The first-order chi connectivity index (χ1) is 9.63. The van der Waals surface area contributed by atoms with Crippen molar-refractivity contribution in [1.29, 1.82) is 0 Å². The fraction of sp³-hybridized carbons (Fsp3) is 0.385. The van der Waals surface area contributed by atoms with Crippen LogP contribution < -0.4 is 10.6 Å². The maximum Gasteiger partial charge on any atom is 0.271 e. The number of thiazole rings is 1. The molecule has 0 fully saturated rings. The molecule has 1 unspecified atom stereocenters. The van der Waals surface area contributed by atoms with Gasteiger partial charge in [0.2, 0.25) is 0 Å². The molecule has 106 valence electrons. The largest absolute Gasteiger partial charge is 0.360 e. The Hall–Kier alpha value is -2.02. The van der Waals surface area contributed by atoms with Crippen LogP contribution in [-0.4, -0.2) is 28.1 Å². The minimum Gasteiger partial charge on any atom is -0.360 e. The Morgan fingerprint density at radius 1 is 1.40 bits per heavy atom. The summed E-state index contributed by atoms with van der Waals surface area (Å²) >= 11 is 1.66. The van der Waals surface area contributed by atoms with Gasteiger partial charge in [0, 0.05) is 12.4 Å². The van der Waals surface area contributed by atoms with E-state index in [9.17, 15) is 4.79 Å². The zero-order valence-electron chi connectivity index (χ0n) is 11.7. The first kappa shape index (κ1) is 14.4. The van der Waals surface area contributed by atoms with Gasteiger partial charge in [-0.15, -0.1) is 21.5 Å². The predicted octanol–water partition coefficient (Wildman–Crippen LogP) is 2.03. The summed E-state index contributed by atoms with van der Waals surface area (Å²) in [5.74, 6) is 0.375. The zero-order valence-corrected chi connectivity index (χ0v) is 12.5. The fourth-order valence-electron chi connectivity index (χ4n) is 1.64. The Morgan fingerprint density at radius 2 is 2.20 bits per heavy atom. The number of aryl methyl sites for hydroxylation is 1. The van der Waals surface area contributed by atoms with Crippen LogP contribution in [0.25, 0.3) is 0 Å². The van der Waals surface area contributed by atoms with Crippen molar-refractivity contribution in [2.75, 3.05) is 12.4 Å². The zero-order chi connectivity index (χ0) is 14.5. The lowest BCUT2D eigenvalue weighted by Crippen LogP contribution is -2.20. The Morgan fingerprint density at radius 3 is 2.75 bits per heavy atom. The van der Waals surface area contributed by atoms with Gasteiger partial charge in [0.15, 0.2) is 5.69 Å². The molecule has 2 N–H and O–H groups in total. The molecule has 0 aromatic carbocycles. The normalized spacial score (nSPS) is 11.9. The highest BCUT2D eigenvalue weighted by Gasteiger charge is 2.11. The molecule has 0 saturated carbocycles. The molecule has 7 heteroatoms. The van der Waals surface area contributed by atoms with Gasteiger partial charge in [0.05, 0.1) is 16.7 Å². The summed E-state index contributed by atoms with van der Waals surface area (Å²) in [6, 6.07) is 3.42. The SMILES string of the molecule is CCc1nc(C(C)Nc2ccc(C(=O)NC)nn2)cs1. The minimum atomic E-state index is -0.246. The number of nitrogens with one attached hydrogen (secondary N) is 2. The molecular formula is C13H17N5OS. The van der Waals surface area contributed by atoms with Crippen molar-refractivity contribution in [3.05, 3.63) is 33.9 Å². The van der Waals surface area contributed by atoms with E-state index in [0.717, 1.165) is 17.1 Å². The Kier molecular flexibility index (Phi) is 4.62. The summed E-state index contributed by atoms with van der Waals surface area (Å²) in [5.41, 5.74) is 1.29. The van der Waals surface area contributed by atoms with Crippen molar-refractivity contribution >= 4 is 23.1 Å². The van der Waals surface area contributed by atoms with Gasteiger partial charge < -0.3 is 10.6 Å². The van der Waals surface area contributed by atoms with Crippen LogP contribution in [-0.2, 0) is 6.42 Å². The van der Waals surface area contributed by atoms with Crippen molar-refractivity contribution < 1.29 is 4.79 Å². The number of amides is 1. The smallest absolute Gasteiger partial charge is 0.271 e. The number of aromatic nitrogens is 3. The van der Waals surface area contributed by atoms with Crippen LogP contribution in [0.5, 0.6) is 0 Å². The molecule has 2 aromatic heterocycles. The van der Waals surface area contributed by atoms with E-state index in [1.54, 1.807) is 30.5 Å². The van der Waals surface area contributed by atoms with Crippen LogP contribution in [0.3, 0.4) is 0 Å². The summed E-state index contributed by atoms with van der Waals surface area (Å²) in [4.78, 5) is 15.9. The van der Waals surface area contributed by atoms with Crippen LogP contribution in [0.2, 0.25) is 0 Å². The number of hydrogen-bond donors (Lipinski definition) is 2. The second-order valence-corrected chi connectivity index (χ2v) is 5.21. The number of carbonyl (C=O) groups excluding carboxylic acids is 1. The summed E-state index contributed by atoms with van der Waals surface area (Å²) < 4.78 is 0. The van der Waals surface area contributed by atoms with Gasteiger partial charge >= 0.3 is 0 Å². The van der Waals surface area contributed by atoms with Crippen molar-refractivity contribution in [3.8, 4) is 0 Å². The van der Waals surface area contributed by atoms with E-state index in [4.69, 9.17) is 0 Å². The number of rotatable bonds is 5. The van der Waals surface area contributed by atoms with E-state index in [0.29, 0.717) is 11.5 Å². The molecule has 0 aliphatic heterocycles. The van der Waals surface area contributed by atoms with E-state index in [1.165, 1.54) is 0 Å². The van der Waals surface area contributed by atoms with Gasteiger partial charge in [0.25, 0.3) is 5.91 Å². The van der Waals surface area contributed by atoms with E-state index in [2.05, 4.69) is 32.7 Å². The molecule has 0 saturated heterocycles. The Bertz CT molecular complexity index is 581. The van der Waals surface area contributed by atoms with E-state index in [-0.39, 0.29) is 11.9 Å². The molecule has 2 rings (SSSR count). The van der Waals surface area contributed by atoms with Crippen LogP contribution >= 0.6 is 11.3 Å². The highest BCUT2D eigenvalue weighted by molar-refractivity contribution is 7.09. The number of anilines is 1. The molecule has 20 heavy (non-hydrogen) atoms. The quantitative estimate of drug-likeness (QED) is 0.881. The third-order valence-corrected chi connectivity index (χ3v) is 3.82. The van der Waals surface area contributed by atoms with Crippen LogP contribution in [0.15, 0.2) is 17.5 Å². The van der Waals surface area contributed by atoms with Gasteiger partial charge in [-0.05, 0) is 25.5 Å². The van der Waals surface area contributed by atoms with E-state index >= 15 is 0 Å². The highest BCUT2D eigenvalue weighted by Crippen LogP contribution is 2.20. The van der Waals surface area contributed by atoms with Crippen molar-refractivity contribution in [2.24, 2.45) is 0 Å². The Balaban J connectivity index is 2.04. The second-order valence-electron chi connectivity index (χ2n) is 4.27. The minimum absolute atomic E-state index is 0.0479. The highest BCUT2D eigenvalue weighted by atomic mass is 32.1. The molecule has 0 bridgehead atoms. The van der Waals surface area contributed by atoms with Crippen molar-refractivity contribution in [2.45, 2.75) is 26.3 Å². The maximum atomic E-state index is 11.4. The van der Waals surface area contributed by atoms with Crippen LogP contribution in [0.4, 0.5) is 5.82 Å². The van der Waals surface area contributed by atoms with Gasteiger partial charge in [-0.3, -0.25) is 4.79 Å². The van der Waals surface area contributed by atoms with Crippen molar-refractivity contribution in [3.63, 3.8) is 0 Å². The molecule has 0 radical (unpaired) electrons. The van der Waals surface area contributed by atoms with Gasteiger partial charge in [0.1, 0.15) is 5.82 Å².